The van der Waals surface area contributed by atoms with Gasteiger partial charge in [-0.2, -0.15) is 0 Å². The van der Waals surface area contributed by atoms with Crippen molar-refractivity contribution in [1.29, 1.82) is 0 Å². The lowest BCUT2D eigenvalue weighted by atomic mass is 10.1. The fraction of sp³-hybridized carbons (Fsp3) is 0.750. The molecule has 1 saturated carbocycles. The summed E-state index contributed by atoms with van der Waals surface area (Å²) in [7, 11) is 0. The van der Waals surface area contributed by atoms with Crippen LogP contribution in [0.5, 0.6) is 0 Å². The quantitative estimate of drug-likeness (QED) is 0.829. The predicted octanol–water partition coefficient (Wildman–Crippen LogP) is 0.550. The van der Waals surface area contributed by atoms with E-state index < -0.39 is 0 Å². The molecule has 0 spiro atoms. The highest BCUT2D eigenvalue weighted by Crippen LogP contribution is 2.37. The van der Waals surface area contributed by atoms with Crippen LogP contribution in [0.4, 0.5) is 0 Å². The molecule has 0 amide bonds. The number of rotatable bonds is 4. The van der Waals surface area contributed by atoms with E-state index in [1.54, 1.807) is 0 Å². The maximum atomic E-state index is 5.96. The van der Waals surface area contributed by atoms with Crippen molar-refractivity contribution in [3.05, 3.63) is 18.2 Å². The third-order valence-corrected chi connectivity index (χ3v) is 3.69. The van der Waals surface area contributed by atoms with Crippen molar-refractivity contribution in [1.82, 2.24) is 14.5 Å². The summed E-state index contributed by atoms with van der Waals surface area (Å²) < 4.78 is 7.71. The Bertz CT molecular complexity index is 368. The number of hydrogen-bond acceptors (Lipinski definition) is 4. The van der Waals surface area contributed by atoms with Gasteiger partial charge >= 0.3 is 0 Å². The van der Waals surface area contributed by atoms with E-state index in [4.69, 9.17) is 10.5 Å². The van der Waals surface area contributed by atoms with Gasteiger partial charge in [-0.05, 0) is 12.8 Å². The molecule has 1 aliphatic carbocycles. The average Bonchev–Trinajstić information content (AvgIpc) is 3.12. The van der Waals surface area contributed by atoms with E-state index in [2.05, 4.69) is 14.5 Å². The van der Waals surface area contributed by atoms with Crippen LogP contribution in [0.2, 0.25) is 0 Å². The second kappa shape index (κ2) is 4.76. The van der Waals surface area contributed by atoms with Crippen molar-refractivity contribution in [3.8, 4) is 0 Å². The molecule has 2 fully saturated rings. The Labute approximate surface area is 102 Å². The highest BCUT2D eigenvalue weighted by molar-refractivity contribution is 5.10. The molecular weight excluding hydrogens is 216 g/mol. The van der Waals surface area contributed by atoms with Crippen LogP contribution in [0.25, 0.3) is 0 Å². The number of aromatic nitrogens is 2. The minimum absolute atomic E-state index is 0.294. The molecule has 1 aromatic heterocycles. The molecule has 0 radical (unpaired) electrons. The molecule has 0 aromatic carbocycles. The lowest BCUT2D eigenvalue weighted by molar-refractivity contribution is 0.0163. The summed E-state index contributed by atoms with van der Waals surface area (Å²) in [5.41, 5.74) is 7.24. The van der Waals surface area contributed by atoms with Gasteiger partial charge in [-0.25, -0.2) is 4.98 Å². The number of ether oxygens (including phenoxy) is 1. The zero-order valence-corrected chi connectivity index (χ0v) is 10.1. The molecule has 5 heteroatoms. The SMILES string of the molecule is NCC(c1cncn1C1CC1)N1CCOCC1. The van der Waals surface area contributed by atoms with E-state index >= 15 is 0 Å². The number of nitrogens with zero attached hydrogens (tertiary/aromatic N) is 3. The van der Waals surface area contributed by atoms with Gasteiger partial charge in [-0.1, -0.05) is 0 Å². The molecule has 1 unspecified atom stereocenters. The van der Waals surface area contributed by atoms with Gasteiger partial charge in [-0.3, -0.25) is 4.90 Å². The number of nitrogens with two attached hydrogens (primary N) is 1. The predicted molar refractivity (Wildman–Crippen MR) is 64.7 cm³/mol. The van der Waals surface area contributed by atoms with Gasteiger partial charge in [-0.15, -0.1) is 0 Å². The molecule has 17 heavy (non-hydrogen) atoms. The smallest absolute Gasteiger partial charge is 0.0951 e. The lowest BCUT2D eigenvalue weighted by Crippen LogP contribution is -2.42. The van der Waals surface area contributed by atoms with Gasteiger partial charge in [0.05, 0.1) is 31.3 Å². The Morgan fingerprint density at radius 2 is 2.18 bits per heavy atom. The van der Waals surface area contributed by atoms with Gasteiger partial charge < -0.3 is 15.0 Å². The average molecular weight is 236 g/mol. The van der Waals surface area contributed by atoms with Crippen LogP contribution in [-0.4, -0.2) is 47.3 Å². The topological polar surface area (TPSA) is 56.3 Å². The summed E-state index contributed by atoms with van der Waals surface area (Å²) in [6.45, 7) is 4.22. The van der Waals surface area contributed by atoms with Gasteiger partial charge in [0.2, 0.25) is 0 Å². The van der Waals surface area contributed by atoms with Crippen molar-refractivity contribution >= 4 is 0 Å². The van der Waals surface area contributed by atoms with Crippen LogP contribution < -0.4 is 5.73 Å². The lowest BCUT2D eigenvalue weighted by Gasteiger charge is -2.34. The number of hydrogen-bond donors (Lipinski definition) is 1. The summed E-state index contributed by atoms with van der Waals surface area (Å²) in [5.74, 6) is 0. The van der Waals surface area contributed by atoms with E-state index in [0.717, 1.165) is 26.3 Å². The van der Waals surface area contributed by atoms with Crippen LogP contribution in [0.1, 0.15) is 30.6 Å². The molecule has 3 rings (SSSR count). The monoisotopic (exact) mass is 236 g/mol. The molecular formula is C12H20N4O. The maximum absolute atomic E-state index is 5.96. The molecule has 1 saturated heterocycles. The summed E-state index contributed by atoms with van der Waals surface area (Å²) >= 11 is 0. The zero-order chi connectivity index (χ0) is 11.7. The van der Waals surface area contributed by atoms with E-state index in [1.165, 1.54) is 18.5 Å². The second-order valence-electron chi connectivity index (χ2n) is 4.86. The fourth-order valence-electron chi connectivity index (χ4n) is 2.58. The Morgan fingerprint density at radius 3 is 2.82 bits per heavy atom. The molecule has 2 heterocycles. The van der Waals surface area contributed by atoms with Crippen molar-refractivity contribution in [3.63, 3.8) is 0 Å². The van der Waals surface area contributed by atoms with Crippen LogP contribution in [0.15, 0.2) is 12.5 Å². The van der Waals surface area contributed by atoms with E-state index in [1.807, 2.05) is 12.5 Å². The maximum Gasteiger partial charge on any atom is 0.0951 e. The Hall–Kier alpha value is -0.910. The number of morpholine rings is 1. The normalized spacial score (nSPS) is 23.8. The fourth-order valence-corrected chi connectivity index (χ4v) is 2.58. The summed E-state index contributed by atoms with van der Waals surface area (Å²) in [6.07, 6.45) is 6.49. The Morgan fingerprint density at radius 1 is 1.41 bits per heavy atom. The zero-order valence-electron chi connectivity index (χ0n) is 10.1. The van der Waals surface area contributed by atoms with Gasteiger partial charge in [0.25, 0.3) is 0 Å². The largest absolute Gasteiger partial charge is 0.379 e. The minimum atomic E-state index is 0.294. The molecule has 5 nitrogen and oxygen atoms in total. The van der Waals surface area contributed by atoms with Gasteiger partial charge in [0.15, 0.2) is 0 Å². The molecule has 2 N–H and O–H groups in total. The van der Waals surface area contributed by atoms with Crippen LogP contribution in [0.3, 0.4) is 0 Å². The summed E-state index contributed by atoms with van der Waals surface area (Å²) in [5, 5.41) is 0. The standard InChI is InChI=1S/C12H20N4O/c13-7-11(15-3-5-17-6-4-15)12-8-14-9-16(12)10-1-2-10/h8-11H,1-7,13H2. The Kier molecular flexibility index (Phi) is 3.13. The molecule has 1 aliphatic heterocycles. The molecule has 0 bridgehead atoms. The first-order chi connectivity index (χ1) is 8.40. The summed E-state index contributed by atoms with van der Waals surface area (Å²) in [4.78, 5) is 6.71. The molecule has 1 atom stereocenters. The van der Waals surface area contributed by atoms with Crippen molar-refractivity contribution in [2.45, 2.75) is 24.9 Å². The summed E-state index contributed by atoms with van der Waals surface area (Å²) in [6, 6.07) is 0.963. The van der Waals surface area contributed by atoms with Crippen LogP contribution in [-0.2, 0) is 4.74 Å². The van der Waals surface area contributed by atoms with E-state index in [-0.39, 0.29) is 0 Å². The first-order valence-corrected chi connectivity index (χ1v) is 6.43. The van der Waals surface area contributed by atoms with E-state index in [9.17, 15) is 0 Å². The Balaban J connectivity index is 1.80. The van der Waals surface area contributed by atoms with Gasteiger partial charge in [0, 0.05) is 31.9 Å². The van der Waals surface area contributed by atoms with Crippen LogP contribution in [0, 0.1) is 0 Å². The molecule has 94 valence electrons. The minimum Gasteiger partial charge on any atom is -0.379 e. The highest BCUT2D eigenvalue weighted by atomic mass is 16.5. The van der Waals surface area contributed by atoms with Crippen molar-refractivity contribution in [2.75, 3.05) is 32.8 Å². The first kappa shape index (κ1) is 11.2. The van der Waals surface area contributed by atoms with Crippen LogP contribution >= 0.6 is 0 Å². The second-order valence-corrected chi connectivity index (χ2v) is 4.86. The highest BCUT2D eigenvalue weighted by Gasteiger charge is 2.30. The van der Waals surface area contributed by atoms with Crippen molar-refractivity contribution < 1.29 is 4.74 Å². The van der Waals surface area contributed by atoms with Crippen molar-refractivity contribution in [2.24, 2.45) is 5.73 Å². The third-order valence-electron chi connectivity index (χ3n) is 3.69. The molecule has 1 aromatic rings. The van der Waals surface area contributed by atoms with E-state index in [0.29, 0.717) is 18.6 Å². The first-order valence-electron chi connectivity index (χ1n) is 6.43. The number of imidazole rings is 1. The third kappa shape index (κ3) is 2.22. The molecule has 2 aliphatic rings. The van der Waals surface area contributed by atoms with Gasteiger partial charge in [0.1, 0.15) is 0 Å².